The molecule has 74 valence electrons. The first kappa shape index (κ1) is 10.3. The van der Waals surface area contributed by atoms with Crippen molar-refractivity contribution in [2.45, 2.75) is 0 Å². The smallest absolute Gasteiger partial charge is 0.118 e. The largest absolute Gasteiger partial charge is 0.497 e. The van der Waals surface area contributed by atoms with Crippen LogP contribution in [0, 0.1) is 0 Å². The second-order valence-electron chi connectivity index (χ2n) is 2.74. The van der Waals surface area contributed by atoms with Crippen LogP contribution in [0.4, 0.5) is 0 Å². The molecule has 0 aliphatic carbocycles. The Morgan fingerprint density at radius 1 is 1.36 bits per heavy atom. The minimum atomic E-state index is 0.832. The molecule has 2 N–H and O–H groups in total. The van der Waals surface area contributed by atoms with Gasteiger partial charge >= 0.3 is 0 Å². The third kappa shape index (κ3) is 2.36. The molecular formula is C11H14N2O. The van der Waals surface area contributed by atoms with Gasteiger partial charge in [-0.25, -0.2) is 0 Å². The van der Waals surface area contributed by atoms with E-state index in [9.17, 15) is 0 Å². The van der Waals surface area contributed by atoms with E-state index >= 15 is 0 Å². The van der Waals surface area contributed by atoms with Gasteiger partial charge in [0.2, 0.25) is 0 Å². The van der Waals surface area contributed by atoms with Crippen LogP contribution < -0.4 is 10.5 Å². The molecule has 3 heteroatoms. The summed E-state index contributed by atoms with van der Waals surface area (Å²) in [7, 11) is 3.36. The summed E-state index contributed by atoms with van der Waals surface area (Å²) in [5.41, 5.74) is 7.40. The summed E-state index contributed by atoms with van der Waals surface area (Å²) in [6.07, 6.45) is 3.26. The van der Waals surface area contributed by atoms with Crippen molar-refractivity contribution in [1.29, 1.82) is 0 Å². The molecule has 3 nitrogen and oxygen atoms in total. The zero-order chi connectivity index (χ0) is 10.4. The maximum atomic E-state index is 5.48. The monoisotopic (exact) mass is 190 g/mol. The number of aliphatic imine (C=N–C) groups is 1. The number of methoxy groups -OCH3 is 1. The van der Waals surface area contributed by atoms with Gasteiger partial charge in [-0.05, 0) is 17.7 Å². The van der Waals surface area contributed by atoms with E-state index < -0.39 is 0 Å². The zero-order valence-corrected chi connectivity index (χ0v) is 8.40. The summed E-state index contributed by atoms with van der Waals surface area (Å²) in [4.78, 5) is 3.92. The Hall–Kier alpha value is -1.77. The predicted molar refractivity (Wildman–Crippen MR) is 59.6 cm³/mol. The summed E-state index contributed by atoms with van der Waals surface area (Å²) in [5, 5.41) is 0. The Bertz CT molecular complexity index is 339. The number of hydrogen-bond donors (Lipinski definition) is 1. The van der Waals surface area contributed by atoms with Gasteiger partial charge in [0.1, 0.15) is 5.75 Å². The fraction of sp³-hybridized carbons (Fsp3) is 0.182. The Morgan fingerprint density at radius 2 is 2.00 bits per heavy atom. The molecule has 0 aliphatic rings. The zero-order valence-electron chi connectivity index (χ0n) is 8.40. The van der Waals surface area contributed by atoms with E-state index in [1.54, 1.807) is 20.4 Å². The minimum absolute atomic E-state index is 0.832. The molecule has 0 bridgehead atoms. The molecule has 1 aromatic carbocycles. The molecule has 0 saturated carbocycles. The van der Waals surface area contributed by atoms with Gasteiger partial charge in [-0.2, -0.15) is 0 Å². The number of nitrogens with two attached hydrogens (primary N) is 1. The number of benzene rings is 1. The van der Waals surface area contributed by atoms with Crippen LogP contribution in [-0.4, -0.2) is 20.4 Å². The highest BCUT2D eigenvalue weighted by atomic mass is 16.5. The number of ether oxygens (including phenoxy) is 1. The van der Waals surface area contributed by atoms with Crippen molar-refractivity contribution in [3.63, 3.8) is 0 Å². The van der Waals surface area contributed by atoms with Crippen LogP contribution in [0.1, 0.15) is 5.56 Å². The molecule has 0 fully saturated rings. The van der Waals surface area contributed by atoms with Crippen molar-refractivity contribution >= 4 is 11.8 Å². The van der Waals surface area contributed by atoms with Crippen LogP contribution >= 0.6 is 0 Å². The first-order valence-electron chi connectivity index (χ1n) is 4.30. The summed E-state index contributed by atoms with van der Waals surface area (Å²) < 4.78 is 5.06. The summed E-state index contributed by atoms with van der Waals surface area (Å²) in [6, 6.07) is 7.67. The van der Waals surface area contributed by atoms with Gasteiger partial charge in [0.25, 0.3) is 0 Å². The lowest BCUT2D eigenvalue weighted by atomic mass is 10.1. The summed E-state index contributed by atoms with van der Waals surface area (Å²) in [5.74, 6) is 0.832. The Balaban J connectivity index is 2.96. The number of nitrogens with zero attached hydrogens (tertiary/aromatic N) is 1. The van der Waals surface area contributed by atoms with Gasteiger partial charge in [-0.15, -0.1) is 0 Å². The molecule has 0 spiro atoms. The molecule has 14 heavy (non-hydrogen) atoms. The van der Waals surface area contributed by atoms with Crippen LogP contribution in [0.2, 0.25) is 0 Å². The summed E-state index contributed by atoms with van der Waals surface area (Å²) >= 11 is 0. The average Bonchev–Trinajstić information content (AvgIpc) is 2.26. The molecule has 0 aromatic heterocycles. The number of hydrogen-bond acceptors (Lipinski definition) is 3. The fourth-order valence-corrected chi connectivity index (χ4v) is 1.14. The molecule has 0 atom stereocenters. The van der Waals surface area contributed by atoms with E-state index in [-0.39, 0.29) is 0 Å². The lowest BCUT2D eigenvalue weighted by molar-refractivity contribution is 0.415. The maximum absolute atomic E-state index is 5.48. The van der Waals surface area contributed by atoms with Crippen molar-refractivity contribution < 1.29 is 4.74 Å². The van der Waals surface area contributed by atoms with E-state index in [4.69, 9.17) is 10.5 Å². The third-order valence-corrected chi connectivity index (χ3v) is 1.87. The number of allylic oxidation sites excluding steroid dienone is 1. The van der Waals surface area contributed by atoms with E-state index in [0.717, 1.165) is 16.9 Å². The van der Waals surface area contributed by atoms with Crippen molar-refractivity contribution in [1.82, 2.24) is 0 Å². The highest BCUT2D eigenvalue weighted by Gasteiger charge is 1.97. The van der Waals surface area contributed by atoms with E-state index in [2.05, 4.69) is 4.99 Å². The average molecular weight is 190 g/mol. The third-order valence-electron chi connectivity index (χ3n) is 1.87. The van der Waals surface area contributed by atoms with Gasteiger partial charge in [0.05, 0.1) is 7.11 Å². The highest BCUT2D eigenvalue weighted by Crippen LogP contribution is 2.16. The second kappa shape index (κ2) is 5.07. The van der Waals surface area contributed by atoms with Crippen LogP contribution in [0.25, 0.3) is 5.57 Å². The first-order valence-corrected chi connectivity index (χ1v) is 4.30. The molecule has 1 rings (SSSR count). The Morgan fingerprint density at radius 3 is 2.43 bits per heavy atom. The lowest BCUT2D eigenvalue weighted by Crippen LogP contribution is -1.91. The van der Waals surface area contributed by atoms with Crippen molar-refractivity contribution in [3.8, 4) is 5.75 Å². The van der Waals surface area contributed by atoms with Crippen LogP contribution in [0.15, 0.2) is 35.5 Å². The Labute approximate surface area is 83.9 Å². The lowest BCUT2D eigenvalue weighted by Gasteiger charge is -2.02. The van der Waals surface area contributed by atoms with Gasteiger partial charge in [-0.1, -0.05) is 12.1 Å². The summed E-state index contributed by atoms with van der Waals surface area (Å²) in [6.45, 7) is 0. The molecular weight excluding hydrogens is 176 g/mol. The molecule has 1 aromatic rings. The second-order valence-corrected chi connectivity index (χ2v) is 2.74. The van der Waals surface area contributed by atoms with Crippen LogP contribution in [0.3, 0.4) is 0 Å². The van der Waals surface area contributed by atoms with Crippen LogP contribution in [0.5, 0.6) is 5.75 Å². The van der Waals surface area contributed by atoms with Crippen LogP contribution in [-0.2, 0) is 0 Å². The van der Waals surface area contributed by atoms with Gasteiger partial charge in [0.15, 0.2) is 0 Å². The maximum Gasteiger partial charge on any atom is 0.118 e. The minimum Gasteiger partial charge on any atom is -0.497 e. The quantitative estimate of drug-likeness (QED) is 0.737. The topological polar surface area (TPSA) is 47.6 Å². The molecule has 0 radical (unpaired) electrons. The van der Waals surface area contributed by atoms with Crippen molar-refractivity contribution in [2.24, 2.45) is 10.7 Å². The standard InChI is InChI=1S/C11H14N2O/c1-13-8-10(7-12)9-3-5-11(14-2)6-4-9/h3-8H,12H2,1-2H3. The highest BCUT2D eigenvalue weighted by molar-refractivity contribution is 6.09. The van der Waals surface area contributed by atoms with Crippen molar-refractivity contribution in [3.05, 3.63) is 36.0 Å². The molecule has 0 heterocycles. The van der Waals surface area contributed by atoms with Gasteiger partial charge in [0, 0.05) is 25.0 Å². The van der Waals surface area contributed by atoms with Gasteiger partial charge in [-0.3, -0.25) is 4.99 Å². The van der Waals surface area contributed by atoms with E-state index in [1.165, 1.54) is 6.20 Å². The van der Waals surface area contributed by atoms with E-state index in [1.807, 2.05) is 24.3 Å². The SMILES string of the molecule is CN=CC(=CN)c1ccc(OC)cc1. The van der Waals surface area contributed by atoms with Gasteiger partial charge < -0.3 is 10.5 Å². The molecule has 0 amide bonds. The molecule has 0 saturated heterocycles. The normalized spacial score (nSPS) is 12.0. The molecule has 0 aliphatic heterocycles. The molecule has 0 unspecified atom stereocenters. The Kier molecular flexibility index (Phi) is 3.73. The predicted octanol–water partition coefficient (Wildman–Crippen LogP) is 1.70. The fourth-order valence-electron chi connectivity index (χ4n) is 1.14. The first-order chi connectivity index (χ1) is 6.81. The van der Waals surface area contributed by atoms with Crippen molar-refractivity contribution in [2.75, 3.05) is 14.2 Å². The number of rotatable bonds is 3. The van der Waals surface area contributed by atoms with E-state index in [0.29, 0.717) is 0 Å².